The van der Waals surface area contributed by atoms with Crippen molar-refractivity contribution in [1.82, 2.24) is 4.98 Å². The summed E-state index contributed by atoms with van der Waals surface area (Å²) < 4.78 is 0. The SMILES string of the molecule is NC(=S)c1ccnc(NCC2CSCCS2)c1. The Bertz CT molecular complexity index is 391. The smallest absolute Gasteiger partial charge is 0.126 e. The molecule has 0 bridgehead atoms. The Balaban J connectivity index is 1.89. The summed E-state index contributed by atoms with van der Waals surface area (Å²) >= 11 is 9.00. The molecule has 1 fully saturated rings. The Kier molecular flexibility index (Phi) is 4.94. The average molecular weight is 285 g/mol. The predicted molar refractivity (Wildman–Crippen MR) is 82.2 cm³/mol. The van der Waals surface area contributed by atoms with E-state index in [-0.39, 0.29) is 0 Å². The highest BCUT2D eigenvalue weighted by atomic mass is 32.2. The molecule has 1 atom stereocenters. The van der Waals surface area contributed by atoms with Crippen LogP contribution in [-0.2, 0) is 0 Å². The van der Waals surface area contributed by atoms with Crippen LogP contribution in [0, 0.1) is 0 Å². The minimum Gasteiger partial charge on any atom is -0.389 e. The van der Waals surface area contributed by atoms with E-state index < -0.39 is 0 Å². The standard InChI is InChI=1S/C11H15N3S3/c12-11(15)8-1-2-13-10(5-8)14-6-9-7-16-3-4-17-9/h1-2,5,9H,3-4,6-7H2,(H2,12,15)(H,13,14). The molecule has 0 aromatic carbocycles. The molecule has 17 heavy (non-hydrogen) atoms. The third-order valence-corrected chi connectivity index (χ3v) is 5.52. The molecule has 1 aromatic heterocycles. The van der Waals surface area contributed by atoms with Gasteiger partial charge in [-0.3, -0.25) is 0 Å². The van der Waals surface area contributed by atoms with E-state index in [1.54, 1.807) is 6.20 Å². The first-order valence-electron chi connectivity index (χ1n) is 5.45. The summed E-state index contributed by atoms with van der Waals surface area (Å²) in [5.41, 5.74) is 6.45. The second kappa shape index (κ2) is 6.47. The van der Waals surface area contributed by atoms with Crippen molar-refractivity contribution in [3.63, 3.8) is 0 Å². The lowest BCUT2D eigenvalue weighted by atomic mass is 10.2. The summed E-state index contributed by atoms with van der Waals surface area (Å²) in [7, 11) is 0. The van der Waals surface area contributed by atoms with Crippen LogP contribution in [0.5, 0.6) is 0 Å². The molecule has 2 heterocycles. The van der Waals surface area contributed by atoms with Crippen LogP contribution in [0.4, 0.5) is 5.82 Å². The number of hydrogen-bond donors (Lipinski definition) is 2. The van der Waals surface area contributed by atoms with E-state index in [1.165, 1.54) is 17.3 Å². The van der Waals surface area contributed by atoms with Crippen LogP contribution >= 0.6 is 35.7 Å². The zero-order valence-corrected chi connectivity index (χ0v) is 11.8. The summed E-state index contributed by atoms with van der Waals surface area (Å²) in [5, 5.41) is 4.02. The van der Waals surface area contributed by atoms with Gasteiger partial charge in [-0.1, -0.05) is 12.2 Å². The summed E-state index contributed by atoms with van der Waals surface area (Å²) in [5.74, 6) is 4.59. The summed E-state index contributed by atoms with van der Waals surface area (Å²) in [6.45, 7) is 0.950. The molecule has 3 nitrogen and oxygen atoms in total. The van der Waals surface area contributed by atoms with E-state index in [1.807, 2.05) is 35.7 Å². The highest BCUT2D eigenvalue weighted by Crippen LogP contribution is 2.24. The predicted octanol–water partition coefficient (Wildman–Crippen LogP) is 1.98. The number of thiocarbonyl (C=S) groups is 1. The van der Waals surface area contributed by atoms with Crippen LogP contribution in [0.25, 0.3) is 0 Å². The molecule has 6 heteroatoms. The van der Waals surface area contributed by atoms with E-state index in [0.29, 0.717) is 10.2 Å². The van der Waals surface area contributed by atoms with E-state index in [4.69, 9.17) is 18.0 Å². The number of pyridine rings is 1. The number of thioether (sulfide) groups is 2. The van der Waals surface area contributed by atoms with Crippen molar-refractivity contribution < 1.29 is 0 Å². The third-order valence-electron chi connectivity index (χ3n) is 2.44. The van der Waals surface area contributed by atoms with Crippen molar-refractivity contribution in [3.8, 4) is 0 Å². The Morgan fingerprint density at radius 2 is 2.47 bits per heavy atom. The molecule has 1 aliphatic rings. The van der Waals surface area contributed by atoms with Gasteiger partial charge in [-0.25, -0.2) is 4.98 Å². The number of nitrogens with one attached hydrogen (secondary N) is 1. The quantitative estimate of drug-likeness (QED) is 0.825. The van der Waals surface area contributed by atoms with Crippen LogP contribution in [-0.4, -0.2) is 39.0 Å². The third kappa shape index (κ3) is 4.04. The molecule has 0 radical (unpaired) electrons. The highest BCUT2D eigenvalue weighted by molar-refractivity contribution is 8.06. The maximum Gasteiger partial charge on any atom is 0.126 e. The van der Waals surface area contributed by atoms with Gasteiger partial charge in [0, 0.05) is 40.8 Å². The van der Waals surface area contributed by atoms with Crippen molar-refractivity contribution in [2.45, 2.75) is 5.25 Å². The summed E-state index contributed by atoms with van der Waals surface area (Å²) in [6.07, 6.45) is 1.74. The Labute approximate surface area is 115 Å². The Morgan fingerprint density at radius 3 is 3.18 bits per heavy atom. The summed E-state index contributed by atoms with van der Waals surface area (Å²) in [4.78, 5) is 4.68. The molecule has 0 aliphatic carbocycles. The number of aromatic nitrogens is 1. The second-order valence-electron chi connectivity index (χ2n) is 3.74. The van der Waals surface area contributed by atoms with E-state index in [2.05, 4.69) is 10.3 Å². The fourth-order valence-electron chi connectivity index (χ4n) is 1.55. The molecule has 3 N–H and O–H groups in total. The Hall–Kier alpha value is -0.460. The van der Waals surface area contributed by atoms with Gasteiger partial charge < -0.3 is 11.1 Å². The van der Waals surface area contributed by atoms with Crippen LogP contribution in [0.15, 0.2) is 18.3 Å². The first-order chi connectivity index (χ1) is 8.25. The van der Waals surface area contributed by atoms with E-state index in [9.17, 15) is 0 Å². The van der Waals surface area contributed by atoms with Gasteiger partial charge in [0.1, 0.15) is 10.8 Å². The van der Waals surface area contributed by atoms with Gasteiger partial charge in [-0.05, 0) is 12.1 Å². The molecule has 0 saturated carbocycles. The van der Waals surface area contributed by atoms with Gasteiger partial charge >= 0.3 is 0 Å². The van der Waals surface area contributed by atoms with Gasteiger partial charge in [0.25, 0.3) is 0 Å². The normalized spacial score (nSPS) is 19.9. The zero-order valence-electron chi connectivity index (χ0n) is 9.39. The van der Waals surface area contributed by atoms with Crippen LogP contribution in [0.3, 0.4) is 0 Å². The van der Waals surface area contributed by atoms with Crippen molar-refractivity contribution in [2.24, 2.45) is 5.73 Å². The lowest BCUT2D eigenvalue weighted by Crippen LogP contribution is -2.23. The van der Waals surface area contributed by atoms with Gasteiger partial charge in [0.2, 0.25) is 0 Å². The molecule has 92 valence electrons. The van der Waals surface area contributed by atoms with Crippen molar-refractivity contribution in [1.29, 1.82) is 0 Å². The molecule has 0 spiro atoms. The van der Waals surface area contributed by atoms with Gasteiger partial charge in [-0.2, -0.15) is 23.5 Å². The van der Waals surface area contributed by atoms with E-state index >= 15 is 0 Å². The number of nitrogens with two attached hydrogens (primary N) is 1. The monoisotopic (exact) mass is 285 g/mol. The molecule has 2 rings (SSSR count). The maximum absolute atomic E-state index is 5.59. The maximum atomic E-state index is 5.59. The van der Waals surface area contributed by atoms with Crippen molar-refractivity contribution in [3.05, 3.63) is 23.9 Å². The fraction of sp³-hybridized carbons (Fsp3) is 0.455. The lowest BCUT2D eigenvalue weighted by Gasteiger charge is -2.21. The lowest BCUT2D eigenvalue weighted by molar-refractivity contribution is 0.993. The molecule has 1 aromatic rings. The van der Waals surface area contributed by atoms with Gasteiger partial charge in [0.15, 0.2) is 0 Å². The highest BCUT2D eigenvalue weighted by Gasteiger charge is 2.13. The average Bonchev–Trinajstić information content (AvgIpc) is 2.38. The second-order valence-corrected chi connectivity index (χ2v) is 6.74. The summed E-state index contributed by atoms with van der Waals surface area (Å²) in [6, 6.07) is 3.74. The van der Waals surface area contributed by atoms with Crippen LogP contribution in [0.2, 0.25) is 0 Å². The molecule has 1 saturated heterocycles. The zero-order chi connectivity index (χ0) is 12.1. The van der Waals surface area contributed by atoms with Crippen molar-refractivity contribution >= 4 is 46.5 Å². The van der Waals surface area contributed by atoms with Crippen LogP contribution in [0.1, 0.15) is 5.56 Å². The molecular weight excluding hydrogens is 270 g/mol. The molecule has 1 aliphatic heterocycles. The minimum atomic E-state index is 0.415. The number of rotatable bonds is 4. The molecule has 0 amide bonds. The number of anilines is 1. The first-order valence-corrected chi connectivity index (χ1v) is 8.06. The van der Waals surface area contributed by atoms with Crippen molar-refractivity contribution in [2.75, 3.05) is 29.1 Å². The first kappa shape index (κ1) is 13.0. The molecule has 1 unspecified atom stereocenters. The topological polar surface area (TPSA) is 50.9 Å². The number of hydrogen-bond acceptors (Lipinski definition) is 5. The number of nitrogens with zero attached hydrogens (tertiary/aromatic N) is 1. The molecular formula is C11H15N3S3. The minimum absolute atomic E-state index is 0.415. The van der Waals surface area contributed by atoms with Crippen LogP contribution < -0.4 is 11.1 Å². The fourth-order valence-corrected chi connectivity index (χ4v) is 4.29. The van der Waals surface area contributed by atoms with Gasteiger partial charge in [-0.15, -0.1) is 0 Å². The largest absolute Gasteiger partial charge is 0.389 e. The van der Waals surface area contributed by atoms with E-state index in [0.717, 1.165) is 17.9 Å². The van der Waals surface area contributed by atoms with Gasteiger partial charge in [0.05, 0.1) is 0 Å². The Morgan fingerprint density at radius 1 is 1.59 bits per heavy atom.